The van der Waals surface area contributed by atoms with Crippen molar-refractivity contribution >= 4 is 17.5 Å². The van der Waals surface area contributed by atoms with Crippen molar-refractivity contribution < 1.29 is 27.5 Å². The molecule has 7 heteroatoms. The number of methoxy groups -OCH3 is 1. The highest BCUT2D eigenvalue weighted by Gasteiger charge is 2.42. The third kappa shape index (κ3) is 4.45. The van der Waals surface area contributed by atoms with Crippen LogP contribution in [-0.4, -0.2) is 30.6 Å². The second-order valence-corrected chi connectivity index (χ2v) is 7.19. The average Bonchev–Trinajstić information content (AvgIpc) is 3.07. The van der Waals surface area contributed by atoms with E-state index in [-0.39, 0.29) is 17.8 Å². The van der Waals surface area contributed by atoms with E-state index in [1.165, 1.54) is 19.2 Å². The number of carbonyl (C=O) groups excluding carboxylic acids is 2. The molecule has 0 heterocycles. The number of rotatable bonds is 5. The summed E-state index contributed by atoms with van der Waals surface area (Å²) >= 11 is 0. The number of carbonyl (C=O) groups is 2. The Morgan fingerprint density at radius 3 is 2.40 bits per heavy atom. The van der Waals surface area contributed by atoms with E-state index in [4.69, 9.17) is 4.74 Å². The van der Waals surface area contributed by atoms with Gasteiger partial charge in [0.25, 0.3) is 0 Å². The molecule has 158 valence electrons. The third-order valence-electron chi connectivity index (χ3n) is 5.31. The number of hydrogen-bond acceptors (Lipinski definition) is 4. The smallest absolute Gasteiger partial charge is 0.416 e. The van der Waals surface area contributed by atoms with Crippen molar-refractivity contribution in [3.05, 3.63) is 71.3 Å². The first kappa shape index (κ1) is 21.7. The van der Waals surface area contributed by atoms with E-state index in [1.807, 2.05) is 18.2 Å². The van der Waals surface area contributed by atoms with Gasteiger partial charge in [-0.05, 0) is 23.6 Å². The Bertz CT molecular complexity index is 954. The summed E-state index contributed by atoms with van der Waals surface area (Å²) in [6.45, 7) is 1.76. The molecule has 0 amide bonds. The van der Waals surface area contributed by atoms with Crippen LogP contribution in [0.2, 0.25) is 0 Å². The molecule has 0 spiro atoms. The molecule has 1 saturated carbocycles. The minimum absolute atomic E-state index is 0.223. The summed E-state index contributed by atoms with van der Waals surface area (Å²) in [5, 5.41) is 0. The third-order valence-corrected chi connectivity index (χ3v) is 5.31. The second kappa shape index (κ2) is 8.81. The molecule has 0 N–H and O–H groups in total. The Labute approximate surface area is 172 Å². The fourth-order valence-electron chi connectivity index (χ4n) is 3.79. The van der Waals surface area contributed by atoms with Crippen LogP contribution in [0.4, 0.5) is 13.2 Å². The molecule has 4 nitrogen and oxygen atoms in total. The Hall–Kier alpha value is -2.96. The maximum atomic E-state index is 13.3. The highest BCUT2D eigenvalue weighted by Crippen LogP contribution is 2.41. The summed E-state index contributed by atoms with van der Waals surface area (Å²) in [5.74, 6) is -2.22. The first-order valence-electron chi connectivity index (χ1n) is 9.66. The molecule has 1 aliphatic carbocycles. The number of halogens is 3. The van der Waals surface area contributed by atoms with E-state index < -0.39 is 35.6 Å². The van der Waals surface area contributed by atoms with Gasteiger partial charge in [0.2, 0.25) is 0 Å². The number of aliphatic imine (C=N–C) groups is 1. The fraction of sp³-hybridized carbons (Fsp3) is 0.348. The number of esters is 1. The molecule has 1 aliphatic rings. The second-order valence-electron chi connectivity index (χ2n) is 7.19. The number of ketones is 1. The van der Waals surface area contributed by atoms with Gasteiger partial charge in [0.05, 0.1) is 18.6 Å². The van der Waals surface area contributed by atoms with E-state index in [0.29, 0.717) is 12.1 Å². The molecular formula is C23H22F3NO3. The molecule has 3 atom stereocenters. The van der Waals surface area contributed by atoms with Gasteiger partial charge >= 0.3 is 12.1 Å². The van der Waals surface area contributed by atoms with Gasteiger partial charge in [-0.3, -0.25) is 9.79 Å². The van der Waals surface area contributed by atoms with Gasteiger partial charge in [-0.2, -0.15) is 13.2 Å². The molecule has 0 saturated heterocycles. The van der Waals surface area contributed by atoms with Crippen LogP contribution in [0.5, 0.6) is 0 Å². The van der Waals surface area contributed by atoms with Gasteiger partial charge in [-0.25, -0.2) is 4.79 Å². The van der Waals surface area contributed by atoms with Crippen LogP contribution in [0.15, 0.2) is 59.6 Å². The van der Waals surface area contributed by atoms with Crippen LogP contribution in [0.25, 0.3) is 0 Å². The predicted molar refractivity (Wildman–Crippen MR) is 107 cm³/mol. The number of hydrogen-bond donors (Lipinski definition) is 0. The summed E-state index contributed by atoms with van der Waals surface area (Å²) in [6.07, 6.45) is -3.92. The lowest BCUT2D eigenvalue weighted by molar-refractivity contribution is -0.142. The molecular weight excluding hydrogens is 395 g/mol. The number of nitrogens with zero attached hydrogens (tertiary/aromatic N) is 1. The summed E-state index contributed by atoms with van der Waals surface area (Å²) in [7, 11) is 1.25. The Balaban J connectivity index is 2.08. The number of alkyl halides is 3. The van der Waals surface area contributed by atoms with Gasteiger partial charge in [-0.15, -0.1) is 0 Å². The summed E-state index contributed by atoms with van der Waals surface area (Å²) in [6, 6.07) is 13.0. The molecule has 3 rings (SSSR count). The summed E-state index contributed by atoms with van der Waals surface area (Å²) in [4.78, 5) is 29.8. The van der Waals surface area contributed by atoms with E-state index in [9.17, 15) is 22.8 Å². The highest BCUT2D eigenvalue weighted by atomic mass is 19.4. The van der Waals surface area contributed by atoms with Gasteiger partial charge in [-0.1, -0.05) is 55.5 Å². The molecule has 2 aromatic rings. The Kier molecular flexibility index (Phi) is 6.39. The van der Waals surface area contributed by atoms with Gasteiger partial charge in [0.15, 0.2) is 5.78 Å². The molecule has 0 radical (unpaired) electrons. The van der Waals surface area contributed by atoms with Gasteiger partial charge in [0, 0.05) is 18.1 Å². The normalized spacial score (nSPS) is 21.6. The lowest BCUT2D eigenvalue weighted by Crippen LogP contribution is -2.23. The van der Waals surface area contributed by atoms with E-state index in [1.54, 1.807) is 19.1 Å². The maximum Gasteiger partial charge on any atom is 0.416 e. The molecule has 2 aromatic carbocycles. The molecule has 3 unspecified atom stereocenters. The van der Waals surface area contributed by atoms with E-state index in [2.05, 4.69) is 4.99 Å². The quantitative estimate of drug-likeness (QED) is 0.648. The van der Waals surface area contributed by atoms with Crippen molar-refractivity contribution in [2.45, 2.75) is 43.8 Å². The van der Waals surface area contributed by atoms with Crippen LogP contribution in [-0.2, 0) is 20.5 Å². The zero-order valence-electron chi connectivity index (χ0n) is 16.6. The van der Waals surface area contributed by atoms with Gasteiger partial charge < -0.3 is 4.74 Å². The Morgan fingerprint density at radius 1 is 1.13 bits per heavy atom. The van der Waals surface area contributed by atoms with Crippen LogP contribution >= 0.6 is 0 Å². The minimum atomic E-state index is -4.52. The first-order valence-corrected chi connectivity index (χ1v) is 9.66. The lowest BCUT2D eigenvalue weighted by Gasteiger charge is -2.16. The molecule has 30 heavy (non-hydrogen) atoms. The van der Waals surface area contributed by atoms with Crippen molar-refractivity contribution in [2.24, 2.45) is 4.99 Å². The lowest BCUT2D eigenvalue weighted by atomic mass is 9.90. The van der Waals surface area contributed by atoms with E-state index in [0.717, 1.165) is 17.7 Å². The van der Waals surface area contributed by atoms with E-state index >= 15 is 0 Å². The number of ether oxygens (including phenoxy) is 1. The van der Waals surface area contributed by atoms with Crippen molar-refractivity contribution in [1.82, 2.24) is 0 Å². The average molecular weight is 417 g/mol. The fourth-order valence-corrected chi connectivity index (χ4v) is 3.79. The van der Waals surface area contributed by atoms with Crippen molar-refractivity contribution in [2.75, 3.05) is 7.11 Å². The minimum Gasteiger partial charge on any atom is -0.467 e. The summed E-state index contributed by atoms with van der Waals surface area (Å²) < 4.78 is 44.5. The van der Waals surface area contributed by atoms with Crippen LogP contribution in [0.1, 0.15) is 48.3 Å². The molecule has 0 aromatic heterocycles. The van der Waals surface area contributed by atoms with Crippen LogP contribution < -0.4 is 0 Å². The summed E-state index contributed by atoms with van der Waals surface area (Å²) in [5.41, 5.74) is 0.586. The zero-order chi connectivity index (χ0) is 21.9. The molecule has 1 fully saturated rings. The molecule has 0 bridgehead atoms. The standard InChI is InChI=1S/C23H22F3NO3/c1-3-18(22(29)30-2)27-19-13-17(14-8-5-4-6-9-14)21(28)20(19)15-10-7-11-16(12-15)23(24,25)26/h4-12,17-18,20H,3,13H2,1-2H3. The monoisotopic (exact) mass is 417 g/mol. The van der Waals surface area contributed by atoms with Crippen LogP contribution in [0, 0.1) is 0 Å². The zero-order valence-corrected chi connectivity index (χ0v) is 16.6. The highest BCUT2D eigenvalue weighted by molar-refractivity contribution is 6.19. The molecule has 0 aliphatic heterocycles. The van der Waals surface area contributed by atoms with Gasteiger partial charge in [0.1, 0.15) is 6.04 Å². The Morgan fingerprint density at radius 2 is 1.80 bits per heavy atom. The topological polar surface area (TPSA) is 55.7 Å². The maximum absolute atomic E-state index is 13.3. The van der Waals surface area contributed by atoms with Crippen molar-refractivity contribution in [1.29, 1.82) is 0 Å². The number of benzene rings is 2. The van der Waals surface area contributed by atoms with Crippen LogP contribution in [0.3, 0.4) is 0 Å². The first-order chi connectivity index (χ1) is 14.3. The largest absolute Gasteiger partial charge is 0.467 e. The van der Waals surface area contributed by atoms with Crippen molar-refractivity contribution in [3.63, 3.8) is 0 Å². The van der Waals surface area contributed by atoms with Crippen molar-refractivity contribution in [3.8, 4) is 0 Å². The number of Topliss-reactive ketones (excluding diaryl/α,β-unsaturated/α-hetero) is 1. The predicted octanol–water partition coefficient (Wildman–Crippen LogP) is 4.94. The SMILES string of the molecule is CCC(N=C1CC(c2ccccc2)C(=O)C1c1cccc(C(F)(F)F)c1)C(=O)OC.